The molecule has 0 bridgehead atoms. The fourth-order valence-corrected chi connectivity index (χ4v) is 3.09. The minimum Gasteiger partial charge on any atom is -0.481 e. The molecule has 1 aliphatic heterocycles. The Balaban J connectivity index is 1.96. The zero-order chi connectivity index (χ0) is 14.8. The van der Waals surface area contributed by atoms with E-state index in [2.05, 4.69) is 10.3 Å². The van der Waals surface area contributed by atoms with E-state index in [-0.39, 0.29) is 18.6 Å². The maximum absolute atomic E-state index is 12.2. The summed E-state index contributed by atoms with van der Waals surface area (Å²) in [5.74, 6) is -0.816. The number of aromatic nitrogens is 1. The number of hydrogen-bond donors (Lipinski definition) is 2. The van der Waals surface area contributed by atoms with Crippen LogP contribution in [0.2, 0.25) is 0 Å². The first-order chi connectivity index (χ1) is 9.48. The van der Waals surface area contributed by atoms with Crippen molar-refractivity contribution in [1.82, 2.24) is 15.2 Å². The van der Waals surface area contributed by atoms with Crippen molar-refractivity contribution in [1.29, 1.82) is 0 Å². The topological polar surface area (TPSA) is 82.5 Å². The van der Waals surface area contributed by atoms with Gasteiger partial charge in [-0.2, -0.15) is 0 Å². The molecule has 2 heterocycles. The van der Waals surface area contributed by atoms with Gasteiger partial charge < -0.3 is 15.3 Å². The van der Waals surface area contributed by atoms with Gasteiger partial charge in [-0.15, -0.1) is 11.3 Å². The normalized spacial score (nSPS) is 23.6. The van der Waals surface area contributed by atoms with E-state index in [1.165, 1.54) is 11.3 Å². The fraction of sp³-hybridized carbons (Fsp3) is 0.615. The van der Waals surface area contributed by atoms with Gasteiger partial charge in [0.2, 0.25) is 0 Å². The summed E-state index contributed by atoms with van der Waals surface area (Å²) in [5, 5.41) is 14.9. The van der Waals surface area contributed by atoms with Gasteiger partial charge in [0.15, 0.2) is 0 Å². The fourth-order valence-electron chi connectivity index (χ4n) is 2.45. The predicted molar refractivity (Wildman–Crippen MR) is 75.6 cm³/mol. The standard InChI is InChI=1S/C13H19N3O3S/c1-3-13(11(17)18)4-6-16(8-13)12(19)15-9(2)10-14-5-7-20-10/h5,7,9H,3-4,6,8H2,1-2H3,(H,15,19)(H,17,18). The highest BCUT2D eigenvalue weighted by Gasteiger charge is 2.44. The molecular formula is C13H19N3O3S. The summed E-state index contributed by atoms with van der Waals surface area (Å²) in [6.45, 7) is 4.48. The number of urea groups is 1. The molecule has 1 aromatic rings. The van der Waals surface area contributed by atoms with Crippen molar-refractivity contribution in [3.63, 3.8) is 0 Å². The number of thiazole rings is 1. The lowest BCUT2D eigenvalue weighted by molar-refractivity contribution is -0.148. The molecule has 2 rings (SSSR count). The van der Waals surface area contributed by atoms with Crippen molar-refractivity contribution in [2.45, 2.75) is 32.7 Å². The Morgan fingerprint density at radius 3 is 2.90 bits per heavy atom. The molecule has 0 radical (unpaired) electrons. The van der Waals surface area contributed by atoms with Gasteiger partial charge in [0, 0.05) is 24.7 Å². The molecule has 2 N–H and O–H groups in total. The Morgan fingerprint density at radius 2 is 2.40 bits per heavy atom. The van der Waals surface area contributed by atoms with Crippen LogP contribution in [0.1, 0.15) is 37.7 Å². The number of carboxylic acids is 1. The minimum atomic E-state index is -0.816. The molecular weight excluding hydrogens is 278 g/mol. The van der Waals surface area contributed by atoms with Gasteiger partial charge in [0.25, 0.3) is 0 Å². The van der Waals surface area contributed by atoms with E-state index in [1.807, 2.05) is 19.2 Å². The predicted octanol–water partition coefficient (Wildman–Crippen LogP) is 2.10. The van der Waals surface area contributed by atoms with Crippen LogP contribution in [0.5, 0.6) is 0 Å². The first kappa shape index (κ1) is 14.8. The summed E-state index contributed by atoms with van der Waals surface area (Å²) in [6, 6.07) is -0.381. The van der Waals surface area contributed by atoms with Crippen LogP contribution in [-0.2, 0) is 4.79 Å². The van der Waals surface area contributed by atoms with Crippen molar-refractivity contribution < 1.29 is 14.7 Å². The number of rotatable bonds is 4. The maximum Gasteiger partial charge on any atom is 0.317 e. The molecule has 20 heavy (non-hydrogen) atoms. The highest BCUT2D eigenvalue weighted by Crippen LogP contribution is 2.34. The number of carbonyl (C=O) groups excluding carboxylic acids is 1. The molecule has 0 aromatic carbocycles. The second-order valence-corrected chi connectivity index (χ2v) is 6.08. The molecule has 2 unspecified atom stereocenters. The highest BCUT2D eigenvalue weighted by atomic mass is 32.1. The van der Waals surface area contributed by atoms with E-state index in [4.69, 9.17) is 0 Å². The number of carboxylic acid groups (broad SMARTS) is 1. The van der Waals surface area contributed by atoms with E-state index < -0.39 is 11.4 Å². The first-order valence-electron chi connectivity index (χ1n) is 6.67. The minimum absolute atomic E-state index is 0.163. The zero-order valence-corrected chi connectivity index (χ0v) is 12.4. The van der Waals surface area contributed by atoms with Gasteiger partial charge in [-0.05, 0) is 19.8 Å². The molecule has 0 saturated carbocycles. The summed E-state index contributed by atoms with van der Waals surface area (Å²) in [4.78, 5) is 29.3. The first-order valence-corrected chi connectivity index (χ1v) is 7.55. The summed E-state index contributed by atoms with van der Waals surface area (Å²) >= 11 is 1.49. The van der Waals surface area contributed by atoms with Crippen LogP contribution in [0.15, 0.2) is 11.6 Å². The molecule has 6 nitrogen and oxygen atoms in total. The molecule has 0 spiro atoms. The van der Waals surface area contributed by atoms with Gasteiger partial charge in [0.1, 0.15) is 5.01 Å². The Hall–Kier alpha value is -1.63. The lowest BCUT2D eigenvalue weighted by atomic mass is 9.84. The van der Waals surface area contributed by atoms with Crippen LogP contribution in [0, 0.1) is 5.41 Å². The van der Waals surface area contributed by atoms with Gasteiger partial charge >= 0.3 is 12.0 Å². The zero-order valence-electron chi connectivity index (χ0n) is 11.6. The number of hydrogen-bond acceptors (Lipinski definition) is 4. The third-order valence-corrected chi connectivity index (χ3v) is 4.89. The van der Waals surface area contributed by atoms with E-state index in [9.17, 15) is 14.7 Å². The SMILES string of the molecule is CCC1(C(=O)O)CCN(C(=O)NC(C)c2nccs2)C1. The van der Waals surface area contributed by atoms with Crippen molar-refractivity contribution in [2.24, 2.45) is 5.41 Å². The Kier molecular flexibility index (Phi) is 4.27. The number of carbonyl (C=O) groups is 2. The van der Waals surface area contributed by atoms with Crippen LogP contribution < -0.4 is 5.32 Å². The second-order valence-electron chi connectivity index (χ2n) is 5.15. The third-order valence-electron chi connectivity index (χ3n) is 3.93. The molecule has 7 heteroatoms. The highest BCUT2D eigenvalue weighted by molar-refractivity contribution is 7.09. The summed E-state index contributed by atoms with van der Waals surface area (Å²) < 4.78 is 0. The average Bonchev–Trinajstić information content (AvgIpc) is 3.08. The molecule has 2 atom stereocenters. The number of amides is 2. The van der Waals surface area contributed by atoms with E-state index in [0.29, 0.717) is 19.4 Å². The number of likely N-dealkylation sites (tertiary alicyclic amines) is 1. The summed E-state index contributed by atoms with van der Waals surface area (Å²) in [6.07, 6.45) is 2.75. The largest absolute Gasteiger partial charge is 0.481 e. The molecule has 0 aliphatic carbocycles. The number of nitrogens with zero attached hydrogens (tertiary/aromatic N) is 2. The molecule has 1 aliphatic rings. The van der Waals surface area contributed by atoms with Gasteiger partial charge in [0.05, 0.1) is 11.5 Å². The maximum atomic E-state index is 12.2. The summed E-state index contributed by atoms with van der Waals surface area (Å²) in [7, 11) is 0. The van der Waals surface area contributed by atoms with Gasteiger partial charge in [-0.3, -0.25) is 4.79 Å². The average molecular weight is 297 g/mol. The van der Waals surface area contributed by atoms with Gasteiger partial charge in [-0.25, -0.2) is 9.78 Å². The van der Waals surface area contributed by atoms with Crippen LogP contribution in [0.25, 0.3) is 0 Å². The van der Waals surface area contributed by atoms with Crippen LogP contribution >= 0.6 is 11.3 Å². The lowest BCUT2D eigenvalue weighted by Crippen LogP contribution is -2.42. The third kappa shape index (κ3) is 2.77. The van der Waals surface area contributed by atoms with Crippen LogP contribution in [0.4, 0.5) is 4.79 Å². The van der Waals surface area contributed by atoms with Gasteiger partial charge in [-0.1, -0.05) is 6.92 Å². The molecule has 110 valence electrons. The van der Waals surface area contributed by atoms with Crippen LogP contribution in [-0.4, -0.2) is 40.1 Å². The lowest BCUT2D eigenvalue weighted by Gasteiger charge is -2.24. The second kappa shape index (κ2) is 5.78. The van der Waals surface area contributed by atoms with Crippen molar-refractivity contribution >= 4 is 23.3 Å². The molecule has 1 aromatic heterocycles. The van der Waals surface area contributed by atoms with E-state index >= 15 is 0 Å². The molecule has 1 saturated heterocycles. The molecule has 2 amide bonds. The van der Waals surface area contributed by atoms with E-state index in [0.717, 1.165) is 5.01 Å². The smallest absolute Gasteiger partial charge is 0.317 e. The Bertz CT molecular complexity index is 491. The Labute approximate surface area is 121 Å². The number of nitrogens with one attached hydrogen (secondary N) is 1. The summed E-state index contributed by atoms with van der Waals surface area (Å²) in [5.41, 5.74) is -0.790. The molecule has 1 fully saturated rings. The quantitative estimate of drug-likeness (QED) is 0.891. The van der Waals surface area contributed by atoms with Crippen molar-refractivity contribution in [2.75, 3.05) is 13.1 Å². The van der Waals surface area contributed by atoms with Crippen molar-refractivity contribution in [3.8, 4) is 0 Å². The van der Waals surface area contributed by atoms with Crippen molar-refractivity contribution in [3.05, 3.63) is 16.6 Å². The number of aliphatic carboxylic acids is 1. The Morgan fingerprint density at radius 1 is 1.65 bits per heavy atom. The van der Waals surface area contributed by atoms with E-state index in [1.54, 1.807) is 11.1 Å². The van der Waals surface area contributed by atoms with Crippen LogP contribution in [0.3, 0.4) is 0 Å². The monoisotopic (exact) mass is 297 g/mol.